The molecule has 2 amide bonds. The van der Waals surface area contributed by atoms with E-state index in [-0.39, 0.29) is 30.0 Å². The molecule has 6 nitrogen and oxygen atoms in total. The number of rotatable bonds is 3. The van der Waals surface area contributed by atoms with Crippen molar-refractivity contribution in [3.8, 4) is 0 Å². The Labute approximate surface area is 161 Å². The Morgan fingerprint density at radius 1 is 1.22 bits per heavy atom. The number of fused-ring (bicyclic) bond motifs is 2. The number of carbonyl (C=O) groups is 2. The summed E-state index contributed by atoms with van der Waals surface area (Å²) in [4.78, 5) is 26.8. The van der Waals surface area contributed by atoms with Crippen LogP contribution >= 0.6 is 11.8 Å². The smallest absolute Gasteiger partial charge is 0.237 e. The van der Waals surface area contributed by atoms with Crippen LogP contribution in [0.5, 0.6) is 0 Å². The zero-order valence-corrected chi connectivity index (χ0v) is 15.6. The van der Waals surface area contributed by atoms with Crippen LogP contribution in [0.2, 0.25) is 0 Å². The molecule has 2 heterocycles. The maximum absolute atomic E-state index is 13.1. The van der Waals surface area contributed by atoms with E-state index < -0.39 is 0 Å². The molecule has 0 bridgehead atoms. The summed E-state index contributed by atoms with van der Waals surface area (Å²) in [5.74, 6) is 0.0687. The minimum absolute atomic E-state index is 0.0637. The van der Waals surface area contributed by atoms with E-state index in [0.29, 0.717) is 5.69 Å². The highest BCUT2D eigenvalue weighted by molar-refractivity contribution is 8.00. The zero-order chi connectivity index (χ0) is 18.8. The lowest BCUT2D eigenvalue weighted by Gasteiger charge is -2.27. The van der Waals surface area contributed by atoms with E-state index in [1.165, 1.54) is 11.8 Å². The first kappa shape index (κ1) is 17.5. The van der Waals surface area contributed by atoms with Crippen LogP contribution < -0.4 is 10.2 Å². The molecule has 4 rings (SSSR count). The molecule has 1 aliphatic rings. The molecule has 0 radical (unpaired) electrons. The lowest BCUT2D eigenvalue weighted by molar-refractivity contribution is -0.117. The van der Waals surface area contributed by atoms with Gasteiger partial charge in [0.15, 0.2) is 0 Å². The van der Waals surface area contributed by atoms with E-state index in [2.05, 4.69) is 15.5 Å². The average Bonchev–Trinajstić information content (AvgIpc) is 2.80. The van der Waals surface area contributed by atoms with Crippen molar-refractivity contribution in [2.75, 3.05) is 16.0 Å². The van der Waals surface area contributed by atoms with Crippen molar-refractivity contribution >= 4 is 45.7 Å². The van der Waals surface area contributed by atoms with E-state index in [9.17, 15) is 9.59 Å². The lowest BCUT2D eigenvalue weighted by atomic mass is 10.2. The Bertz CT molecular complexity index is 1020. The number of nitrogens with zero attached hydrogens (tertiary/aromatic N) is 3. The minimum atomic E-state index is -0.222. The number of benzene rings is 2. The number of hydrogen-bond acceptors (Lipinski definition) is 5. The lowest BCUT2D eigenvalue weighted by Crippen LogP contribution is -2.40. The van der Waals surface area contributed by atoms with Gasteiger partial charge < -0.3 is 10.2 Å². The molecule has 1 N–H and O–H groups in total. The van der Waals surface area contributed by atoms with Crippen molar-refractivity contribution < 1.29 is 9.59 Å². The Balaban J connectivity index is 1.59. The fourth-order valence-electron chi connectivity index (χ4n) is 3.28. The summed E-state index contributed by atoms with van der Waals surface area (Å²) in [7, 11) is 0. The fourth-order valence-corrected chi connectivity index (χ4v) is 4.12. The normalized spacial score (nSPS) is 16.6. The molecule has 1 aromatic heterocycles. The first-order valence-electron chi connectivity index (χ1n) is 8.67. The van der Waals surface area contributed by atoms with Crippen molar-refractivity contribution in [1.82, 2.24) is 10.2 Å². The van der Waals surface area contributed by atoms with Gasteiger partial charge in [0.1, 0.15) is 5.03 Å². The van der Waals surface area contributed by atoms with Crippen LogP contribution in [0.15, 0.2) is 59.8 Å². The second-order valence-electron chi connectivity index (χ2n) is 6.41. The second kappa shape index (κ2) is 7.36. The molecule has 0 saturated heterocycles. The van der Waals surface area contributed by atoms with Crippen LogP contribution in [0, 0.1) is 0 Å². The number of nitrogens with one attached hydrogen (secondary N) is 1. The Morgan fingerprint density at radius 2 is 2.00 bits per heavy atom. The van der Waals surface area contributed by atoms with Crippen LogP contribution in [0.4, 0.5) is 11.4 Å². The van der Waals surface area contributed by atoms with Gasteiger partial charge in [-0.15, -0.1) is 5.10 Å². The standard InChI is InChI=1S/C20H18N4O2S/c1-13-10-18(25)22-16-8-4-5-9-17(16)24(13)19(26)12-27-20-15-7-3-2-6-14(15)11-21-23-20/h2-9,11,13H,10,12H2,1H3,(H,22,25)/t13-/m1/s1. The third-order valence-corrected chi connectivity index (χ3v) is 5.46. The number of carbonyl (C=O) groups excluding carboxylic acids is 2. The second-order valence-corrected chi connectivity index (χ2v) is 7.37. The zero-order valence-electron chi connectivity index (χ0n) is 14.8. The van der Waals surface area contributed by atoms with Crippen molar-refractivity contribution in [2.24, 2.45) is 0 Å². The van der Waals surface area contributed by atoms with Crippen LogP contribution in [0.25, 0.3) is 10.8 Å². The molecule has 3 aromatic rings. The number of thioether (sulfide) groups is 1. The summed E-state index contributed by atoms with van der Waals surface area (Å²) < 4.78 is 0. The summed E-state index contributed by atoms with van der Waals surface area (Å²) in [6.45, 7) is 1.89. The highest BCUT2D eigenvalue weighted by Gasteiger charge is 2.29. The number of hydrogen-bond donors (Lipinski definition) is 1. The van der Waals surface area contributed by atoms with Gasteiger partial charge in [-0.25, -0.2) is 0 Å². The minimum Gasteiger partial charge on any atom is -0.324 e. The summed E-state index contributed by atoms with van der Waals surface area (Å²) in [5, 5.41) is 13.8. The van der Waals surface area contributed by atoms with E-state index in [4.69, 9.17) is 0 Å². The maximum Gasteiger partial charge on any atom is 0.237 e. The van der Waals surface area contributed by atoms with Gasteiger partial charge in [-0.2, -0.15) is 5.10 Å². The maximum atomic E-state index is 13.1. The van der Waals surface area contributed by atoms with Crippen molar-refractivity contribution in [3.05, 3.63) is 54.7 Å². The van der Waals surface area contributed by atoms with Crippen LogP contribution in [0.3, 0.4) is 0 Å². The van der Waals surface area contributed by atoms with Crippen LogP contribution in [-0.4, -0.2) is 33.8 Å². The first-order valence-corrected chi connectivity index (χ1v) is 9.66. The molecule has 27 heavy (non-hydrogen) atoms. The molecule has 2 aromatic carbocycles. The van der Waals surface area contributed by atoms with E-state index in [1.54, 1.807) is 11.1 Å². The first-order chi connectivity index (χ1) is 13.1. The van der Waals surface area contributed by atoms with E-state index in [0.717, 1.165) is 21.5 Å². The van der Waals surface area contributed by atoms with Gasteiger partial charge in [-0.1, -0.05) is 48.2 Å². The molecular formula is C20H18N4O2S. The average molecular weight is 378 g/mol. The van der Waals surface area contributed by atoms with Gasteiger partial charge in [-0.3, -0.25) is 9.59 Å². The third kappa shape index (κ3) is 3.50. The summed E-state index contributed by atoms with van der Waals surface area (Å²) in [5.41, 5.74) is 1.39. The Kier molecular flexibility index (Phi) is 4.77. The monoisotopic (exact) mass is 378 g/mol. The summed E-state index contributed by atoms with van der Waals surface area (Å²) in [6.07, 6.45) is 1.98. The van der Waals surface area contributed by atoms with Crippen molar-refractivity contribution in [3.63, 3.8) is 0 Å². The molecule has 0 aliphatic carbocycles. The van der Waals surface area contributed by atoms with Gasteiger partial charge in [0.05, 0.1) is 23.3 Å². The SMILES string of the molecule is C[C@@H]1CC(=O)Nc2ccccc2N1C(=O)CSc1nncc2ccccc12. The van der Waals surface area contributed by atoms with Crippen molar-refractivity contribution in [2.45, 2.75) is 24.4 Å². The Hall–Kier alpha value is -2.93. The largest absolute Gasteiger partial charge is 0.324 e. The van der Waals surface area contributed by atoms with Gasteiger partial charge in [0, 0.05) is 23.2 Å². The molecule has 1 aliphatic heterocycles. The molecule has 0 unspecified atom stereocenters. The highest BCUT2D eigenvalue weighted by Crippen LogP contribution is 2.32. The van der Waals surface area contributed by atoms with Gasteiger partial charge >= 0.3 is 0 Å². The van der Waals surface area contributed by atoms with E-state index >= 15 is 0 Å². The fraction of sp³-hybridized carbons (Fsp3) is 0.200. The van der Waals surface area contributed by atoms with E-state index in [1.807, 2.05) is 55.5 Å². The predicted octanol–water partition coefficient (Wildman–Crippen LogP) is 3.49. The van der Waals surface area contributed by atoms with Crippen LogP contribution in [-0.2, 0) is 9.59 Å². The van der Waals surface area contributed by atoms with Crippen LogP contribution in [0.1, 0.15) is 13.3 Å². The highest BCUT2D eigenvalue weighted by atomic mass is 32.2. The number of anilines is 2. The van der Waals surface area contributed by atoms with Gasteiger partial charge in [0.25, 0.3) is 0 Å². The third-order valence-electron chi connectivity index (χ3n) is 4.50. The molecule has 0 fully saturated rings. The molecule has 1 atom stereocenters. The quantitative estimate of drug-likeness (QED) is 0.706. The molecule has 0 saturated carbocycles. The summed E-state index contributed by atoms with van der Waals surface area (Å²) in [6, 6.07) is 15.0. The van der Waals surface area contributed by atoms with Gasteiger partial charge in [-0.05, 0) is 19.1 Å². The number of amides is 2. The molecular weight excluding hydrogens is 360 g/mol. The number of para-hydroxylation sites is 2. The number of aromatic nitrogens is 2. The molecule has 136 valence electrons. The topological polar surface area (TPSA) is 75.2 Å². The van der Waals surface area contributed by atoms with Gasteiger partial charge in [0.2, 0.25) is 11.8 Å². The Morgan fingerprint density at radius 3 is 2.89 bits per heavy atom. The predicted molar refractivity (Wildman–Crippen MR) is 107 cm³/mol. The van der Waals surface area contributed by atoms with Crippen molar-refractivity contribution in [1.29, 1.82) is 0 Å². The molecule has 7 heteroatoms. The molecule has 0 spiro atoms. The summed E-state index contributed by atoms with van der Waals surface area (Å²) >= 11 is 1.37.